The fraction of sp³-hybridized carbons (Fsp3) is 0.640. The molecule has 0 radical (unpaired) electrons. The Balaban J connectivity index is 1.27. The number of carbonyl (C=O) groups excluding carboxylic acids is 3. The Bertz CT molecular complexity index is 868. The van der Waals surface area contributed by atoms with E-state index in [1.807, 2.05) is 4.90 Å². The molecule has 2 heterocycles. The monoisotopic (exact) mass is 473 g/mol. The van der Waals surface area contributed by atoms with Crippen LogP contribution in [0.15, 0.2) is 24.3 Å². The Kier molecular flexibility index (Phi) is 8.37. The highest BCUT2D eigenvalue weighted by atomic mass is 19.1. The van der Waals surface area contributed by atoms with Crippen LogP contribution >= 0.6 is 0 Å². The fourth-order valence-corrected chi connectivity index (χ4v) is 5.45. The zero-order chi connectivity index (χ0) is 23.9. The number of rotatable bonds is 8. The molecule has 0 spiro atoms. The van der Waals surface area contributed by atoms with Crippen molar-refractivity contribution in [3.63, 3.8) is 0 Å². The summed E-state index contributed by atoms with van der Waals surface area (Å²) in [6, 6.07) is 5.45. The van der Waals surface area contributed by atoms with Crippen LogP contribution in [-0.2, 0) is 9.59 Å². The number of urea groups is 1. The van der Waals surface area contributed by atoms with E-state index in [0.29, 0.717) is 57.3 Å². The van der Waals surface area contributed by atoms with Crippen LogP contribution in [0.2, 0.25) is 0 Å². The first-order chi connectivity index (χ1) is 16.5. The highest BCUT2D eigenvalue weighted by molar-refractivity contribution is 5.89. The van der Waals surface area contributed by atoms with Crippen molar-refractivity contribution < 1.29 is 18.8 Å². The summed E-state index contributed by atoms with van der Waals surface area (Å²) in [5.74, 6) is 0.236. The van der Waals surface area contributed by atoms with E-state index in [1.165, 1.54) is 12.1 Å². The Labute approximate surface area is 200 Å². The van der Waals surface area contributed by atoms with Crippen molar-refractivity contribution in [1.82, 2.24) is 20.0 Å². The number of benzene rings is 1. The highest BCUT2D eigenvalue weighted by Crippen LogP contribution is 2.31. The SMILES string of the molecule is O=C(NCCCN1CCCC1=O)[C@@H](C1CCCC1)N1CCN(C(=O)Nc2cccc(F)c2)CC1. The standard InChI is InChI=1S/C25H36FN5O3/c26-20-8-3-9-21(18-20)28-25(34)31-16-14-30(15-17-31)23(19-6-1-2-7-19)24(33)27-11-5-13-29-12-4-10-22(29)32/h3,8-9,18-19,23H,1-2,4-7,10-17H2,(H,27,33)(H,28,34)/t23-/m1/s1. The number of anilines is 1. The van der Waals surface area contributed by atoms with Crippen LogP contribution in [0.1, 0.15) is 44.9 Å². The predicted octanol–water partition coefficient (Wildman–Crippen LogP) is 2.66. The van der Waals surface area contributed by atoms with Crippen molar-refractivity contribution in [1.29, 1.82) is 0 Å². The van der Waals surface area contributed by atoms with Gasteiger partial charge in [-0.05, 0) is 49.8 Å². The van der Waals surface area contributed by atoms with Crippen molar-refractivity contribution >= 4 is 23.5 Å². The van der Waals surface area contributed by atoms with Crippen molar-refractivity contribution in [3.8, 4) is 0 Å². The van der Waals surface area contributed by atoms with Gasteiger partial charge in [-0.2, -0.15) is 0 Å². The molecule has 4 amide bonds. The lowest BCUT2D eigenvalue weighted by atomic mass is 9.95. The van der Waals surface area contributed by atoms with Crippen LogP contribution in [0.3, 0.4) is 0 Å². The third-order valence-electron chi connectivity index (χ3n) is 7.26. The molecule has 4 rings (SSSR count). The molecule has 1 aliphatic carbocycles. The molecular formula is C25H36FN5O3. The zero-order valence-corrected chi connectivity index (χ0v) is 19.8. The van der Waals surface area contributed by atoms with Gasteiger partial charge in [0.1, 0.15) is 5.82 Å². The minimum Gasteiger partial charge on any atom is -0.355 e. The van der Waals surface area contributed by atoms with E-state index in [9.17, 15) is 18.8 Å². The number of nitrogens with one attached hydrogen (secondary N) is 2. The van der Waals surface area contributed by atoms with E-state index in [-0.39, 0.29) is 29.7 Å². The lowest BCUT2D eigenvalue weighted by Gasteiger charge is -2.40. The van der Waals surface area contributed by atoms with Gasteiger partial charge in [0, 0.05) is 57.9 Å². The maximum atomic E-state index is 13.4. The number of carbonyl (C=O) groups is 3. The molecule has 186 valence electrons. The summed E-state index contributed by atoms with van der Waals surface area (Å²) in [4.78, 5) is 43.4. The average Bonchev–Trinajstić information content (AvgIpc) is 3.49. The Morgan fingerprint density at radius 1 is 1.06 bits per heavy atom. The van der Waals surface area contributed by atoms with Gasteiger partial charge in [0.25, 0.3) is 0 Å². The summed E-state index contributed by atoms with van der Waals surface area (Å²) < 4.78 is 13.4. The molecule has 2 N–H and O–H groups in total. The van der Waals surface area contributed by atoms with Crippen molar-refractivity contribution in [2.45, 2.75) is 51.0 Å². The molecule has 0 aromatic heterocycles. The summed E-state index contributed by atoms with van der Waals surface area (Å²) >= 11 is 0. The average molecular weight is 474 g/mol. The summed E-state index contributed by atoms with van der Waals surface area (Å²) in [5.41, 5.74) is 0.436. The van der Waals surface area contributed by atoms with Gasteiger partial charge in [-0.3, -0.25) is 14.5 Å². The van der Waals surface area contributed by atoms with E-state index >= 15 is 0 Å². The topological polar surface area (TPSA) is 85.0 Å². The van der Waals surface area contributed by atoms with Gasteiger partial charge in [-0.25, -0.2) is 9.18 Å². The first-order valence-corrected chi connectivity index (χ1v) is 12.6. The third-order valence-corrected chi connectivity index (χ3v) is 7.26. The van der Waals surface area contributed by atoms with E-state index in [2.05, 4.69) is 15.5 Å². The maximum absolute atomic E-state index is 13.4. The second-order valence-corrected chi connectivity index (χ2v) is 9.58. The molecule has 1 aromatic rings. The van der Waals surface area contributed by atoms with Gasteiger partial charge in [0.2, 0.25) is 11.8 Å². The summed E-state index contributed by atoms with van der Waals surface area (Å²) in [7, 11) is 0. The van der Waals surface area contributed by atoms with Crippen LogP contribution in [0.5, 0.6) is 0 Å². The van der Waals surface area contributed by atoms with E-state index in [4.69, 9.17) is 0 Å². The quantitative estimate of drug-likeness (QED) is 0.569. The van der Waals surface area contributed by atoms with Crippen LogP contribution < -0.4 is 10.6 Å². The zero-order valence-electron chi connectivity index (χ0n) is 19.8. The number of nitrogens with zero attached hydrogens (tertiary/aromatic N) is 3. The van der Waals surface area contributed by atoms with E-state index in [1.54, 1.807) is 17.0 Å². The minimum atomic E-state index is -0.389. The molecule has 9 heteroatoms. The van der Waals surface area contributed by atoms with Gasteiger partial charge < -0.3 is 20.4 Å². The Morgan fingerprint density at radius 2 is 1.82 bits per heavy atom. The first kappa shape index (κ1) is 24.4. The van der Waals surface area contributed by atoms with E-state index < -0.39 is 0 Å². The number of likely N-dealkylation sites (tertiary alicyclic amines) is 1. The largest absolute Gasteiger partial charge is 0.355 e. The van der Waals surface area contributed by atoms with Crippen molar-refractivity contribution in [2.24, 2.45) is 5.92 Å². The Morgan fingerprint density at radius 3 is 2.50 bits per heavy atom. The summed E-state index contributed by atoms with van der Waals surface area (Å²) in [5, 5.41) is 5.88. The van der Waals surface area contributed by atoms with E-state index in [0.717, 1.165) is 45.1 Å². The van der Waals surface area contributed by atoms with Crippen LogP contribution in [-0.4, -0.2) is 84.4 Å². The lowest BCUT2D eigenvalue weighted by molar-refractivity contribution is -0.129. The third kappa shape index (κ3) is 6.25. The molecule has 0 bridgehead atoms. The van der Waals surface area contributed by atoms with Crippen molar-refractivity contribution in [2.75, 3.05) is 51.1 Å². The van der Waals surface area contributed by atoms with Crippen LogP contribution in [0.4, 0.5) is 14.9 Å². The molecule has 1 atom stereocenters. The molecule has 34 heavy (non-hydrogen) atoms. The van der Waals surface area contributed by atoms with Crippen LogP contribution in [0, 0.1) is 11.7 Å². The van der Waals surface area contributed by atoms with Gasteiger partial charge >= 0.3 is 6.03 Å². The Hall–Kier alpha value is -2.68. The molecule has 2 saturated heterocycles. The minimum absolute atomic E-state index is 0.0670. The van der Waals surface area contributed by atoms with Gasteiger partial charge in [0.05, 0.1) is 6.04 Å². The number of hydrogen-bond acceptors (Lipinski definition) is 4. The number of hydrogen-bond donors (Lipinski definition) is 2. The number of halogens is 1. The maximum Gasteiger partial charge on any atom is 0.321 e. The molecule has 0 unspecified atom stereocenters. The normalized spacial score (nSPS) is 20.6. The molecule has 2 aliphatic heterocycles. The molecular weight excluding hydrogens is 437 g/mol. The summed E-state index contributed by atoms with van der Waals surface area (Å²) in [6.45, 7) is 4.41. The number of amides is 4. The smallest absolute Gasteiger partial charge is 0.321 e. The second-order valence-electron chi connectivity index (χ2n) is 9.58. The van der Waals surface area contributed by atoms with Crippen LogP contribution in [0.25, 0.3) is 0 Å². The fourth-order valence-electron chi connectivity index (χ4n) is 5.45. The number of piperazine rings is 1. The predicted molar refractivity (Wildman–Crippen MR) is 128 cm³/mol. The highest BCUT2D eigenvalue weighted by Gasteiger charge is 2.37. The molecule has 1 aromatic carbocycles. The molecule has 3 fully saturated rings. The lowest BCUT2D eigenvalue weighted by Crippen LogP contribution is -2.58. The van der Waals surface area contributed by atoms with Gasteiger partial charge in [-0.1, -0.05) is 18.9 Å². The van der Waals surface area contributed by atoms with Gasteiger partial charge in [-0.15, -0.1) is 0 Å². The molecule has 3 aliphatic rings. The van der Waals surface area contributed by atoms with Gasteiger partial charge in [0.15, 0.2) is 0 Å². The first-order valence-electron chi connectivity index (χ1n) is 12.6. The van der Waals surface area contributed by atoms with Crippen molar-refractivity contribution in [3.05, 3.63) is 30.1 Å². The second kappa shape index (κ2) is 11.6. The molecule has 1 saturated carbocycles. The summed E-state index contributed by atoms with van der Waals surface area (Å²) in [6.07, 6.45) is 6.76. The molecule has 8 nitrogen and oxygen atoms in total.